The Labute approximate surface area is 251 Å². The van der Waals surface area contributed by atoms with E-state index >= 15 is 0 Å². The first-order valence-corrected chi connectivity index (χ1v) is 15.7. The van der Waals surface area contributed by atoms with Crippen molar-refractivity contribution in [3.63, 3.8) is 0 Å². The van der Waals surface area contributed by atoms with Crippen molar-refractivity contribution >= 4 is 49.5 Å². The second-order valence-corrected chi connectivity index (χ2v) is 12.9. The van der Waals surface area contributed by atoms with Gasteiger partial charge in [-0.25, -0.2) is 14.4 Å². The third-order valence-corrected chi connectivity index (χ3v) is 10.1. The maximum atomic E-state index is 13.5. The first-order chi connectivity index (χ1) is 20.2. The maximum absolute atomic E-state index is 13.5. The van der Waals surface area contributed by atoms with E-state index < -0.39 is 0 Å². The summed E-state index contributed by atoms with van der Waals surface area (Å²) in [4.78, 5) is 31.9. The fourth-order valence-corrected chi connectivity index (χ4v) is 7.53. The highest BCUT2D eigenvalue weighted by molar-refractivity contribution is 7.21. The van der Waals surface area contributed by atoms with Crippen LogP contribution in [0.5, 0.6) is 0 Å². The Hall–Kier alpha value is -3.57. The predicted molar refractivity (Wildman–Crippen MR) is 163 cm³/mol. The van der Waals surface area contributed by atoms with Gasteiger partial charge in [0.1, 0.15) is 33.3 Å². The molecule has 1 N–H and O–H groups in total. The van der Waals surface area contributed by atoms with Gasteiger partial charge in [-0.3, -0.25) is 14.1 Å². The highest BCUT2D eigenvalue weighted by Crippen LogP contribution is 2.39. The molecule has 0 saturated carbocycles. The Morgan fingerprint density at radius 1 is 1.19 bits per heavy atom. The van der Waals surface area contributed by atoms with Crippen molar-refractivity contribution in [1.29, 1.82) is 5.26 Å². The molecule has 2 aliphatic rings. The minimum Gasteiger partial charge on any atom is -0.389 e. The van der Waals surface area contributed by atoms with E-state index in [-0.39, 0.29) is 23.9 Å². The summed E-state index contributed by atoms with van der Waals surface area (Å²) in [5.74, 6) is 0.644. The number of piperidine rings is 1. The number of aromatic nitrogens is 3. The van der Waals surface area contributed by atoms with Gasteiger partial charge in [-0.1, -0.05) is 29.6 Å². The van der Waals surface area contributed by atoms with Crippen LogP contribution in [0.3, 0.4) is 0 Å². The summed E-state index contributed by atoms with van der Waals surface area (Å²) in [5, 5.41) is 21.1. The Morgan fingerprint density at radius 3 is 2.64 bits per heavy atom. The largest absolute Gasteiger partial charge is 0.389 e. The summed E-state index contributed by atoms with van der Waals surface area (Å²) >= 11 is 2.95. The number of benzene rings is 1. The van der Waals surface area contributed by atoms with Crippen molar-refractivity contribution < 1.29 is 14.3 Å². The molecule has 1 unspecified atom stereocenters. The fraction of sp³-hybridized carbons (Fsp3) is 0.448. The number of rotatable bonds is 8. The molecule has 3 aromatic heterocycles. The second-order valence-electron chi connectivity index (χ2n) is 10.9. The van der Waals surface area contributed by atoms with Crippen LogP contribution in [0.2, 0.25) is 0 Å². The van der Waals surface area contributed by atoms with Gasteiger partial charge in [-0.05, 0) is 50.6 Å². The van der Waals surface area contributed by atoms with Crippen LogP contribution in [0.25, 0.3) is 16.2 Å². The van der Waals surface area contributed by atoms with E-state index in [4.69, 9.17) is 9.97 Å². The number of likely N-dealkylation sites (tertiary alicyclic amines) is 1. The number of hydrogen-bond acceptors (Lipinski definition) is 10. The first kappa shape index (κ1) is 28.5. The zero-order valence-corrected chi connectivity index (χ0v) is 25.5. The number of β-amino-alcohol motifs (C(OH)–C–C–N with tert-alkyl or cyclic N) is 1. The van der Waals surface area contributed by atoms with E-state index in [2.05, 4.69) is 33.4 Å². The maximum Gasteiger partial charge on any atom is 0.236 e. The number of aryl methyl sites for hydroxylation is 1. The van der Waals surface area contributed by atoms with Gasteiger partial charge in [0.15, 0.2) is 10.1 Å². The fourth-order valence-electron chi connectivity index (χ4n) is 5.64. The van der Waals surface area contributed by atoms with Crippen molar-refractivity contribution in [2.75, 3.05) is 56.6 Å². The molecule has 1 amide bonds. The van der Waals surface area contributed by atoms with Crippen LogP contribution < -0.4 is 9.80 Å². The molecule has 0 spiro atoms. The van der Waals surface area contributed by atoms with Crippen LogP contribution >= 0.6 is 22.7 Å². The van der Waals surface area contributed by atoms with E-state index in [1.807, 2.05) is 19.0 Å². The van der Waals surface area contributed by atoms with Gasteiger partial charge in [0.2, 0.25) is 5.91 Å². The molecule has 1 atom stereocenters. The normalized spacial score (nSPS) is 17.6. The number of aliphatic hydroxyl groups is 1. The van der Waals surface area contributed by atoms with Crippen molar-refractivity contribution in [1.82, 2.24) is 24.2 Å². The number of nitrogens with zero attached hydrogens (tertiary/aromatic N) is 8. The van der Waals surface area contributed by atoms with Crippen molar-refractivity contribution in [3.05, 3.63) is 46.9 Å². The Morgan fingerprint density at radius 2 is 1.95 bits per heavy atom. The average Bonchev–Trinajstić information content (AvgIpc) is 3.68. The third kappa shape index (κ3) is 5.35. The minimum absolute atomic E-state index is 0.0682. The number of nitriles is 1. The number of likely N-dealkylation sites (N-methyl/N-ethyl adjacent to an activating group) is 1. The smallest absolute Gasteiger partial charge is 0.236 e. The number of halogens is 1. The highest BCUT2D eigenvalue weighted by atomic mass is 32.1. The number of imidazole rings is 1. The summed E-state index contributed by atoms with van der Waals surface area (Å²) in [6, 6.07) is 8.54. The standard InChI is InChI=1S/C29H33FN8O2S2/c1-4-22-27(35(3)28-33-26(23(12-31)41-28)18-7-9-19(30)10-8-18)38-17-25(42-29(38)32-22)36-11-5-6-20(13-36)34(2)16-24(40)37-14-21(39)15-37/h7-10,17,20-21,39H,4-6,11,13-16H2,1-3H3. The SMILES string of the molecule is CCc1nc2sc(N3CCCC(N(C)CC(=O)N4CC(O)C4)C3)cn2c1N(C)c1nc(-c2ccc(F)cc2)c(C#N)s1. The van der Waals surface area contributed by atoms with Crippen molar-refractivity contribution in [3.8, 4) is 17.3 Å². The summed E-state index contributed by atoms with van der Waals surface area (Å²) in [7, 11) is 3.95. The molecule has 1 aromatic carbocycles. The molecule has 4 aromatic rings. The number of fused-ring (bicyclic) bond motifs is 1. The zero-order chi connectivity index (χ0) is 29.5. The van der Waals surface area contributed by atoms with E-state index in [9.17, 15) is 19.6 Å². The number of thiazole rings is 2. The quantitative estimate of drug-likeness (QED) is 0.321. The topological polar surface area (TPSA) is 104 Å². The Balaban J connectivity index is 1.23. The lowest BCUT2D eigenvalue weighted by Gasteiger charge is -2.40. The molecule has 0 radical (unpaired) electrons. The molecule has 220 valence electrons. The van der Waals surface area contributed by atoms with Gasteiger partial charge in [0.05, 0.1) is 18.3 Å². The lowest BCUT2D eigenvalue weighted by atomic mass is 10.0. The lowest BCUT2D eigenvalue weighted by molar-refractivity contribution is -0.142. The number of amides is 1. The molecule has 6 rings (SSSR count). The molecule has 42 heavy (non-hydrogen) atoms. The molecule has 2 aliphatic heterocycles. The van der Waals surface area contributed by atoms with Gasteiger partial charge >= 0.3 is 0 Å². The number of anilines is 3. The molecule has 13 heteroatoms. The van der Waals surface area contributed by atoms with E-state index in [1.165, 1.54) is 23.5 Å². The van der Waals surface area contributed by atoms with Crippen LogP contribution in [0.1, 0.15) is 30.3 Å². The Bertz CT molecular complexity index is 1640. The summed E-state index contributed by atoms with van der Waals surface area (Å²) in [6.07, 6.45) is 4.54. The summed E-state index contributed by atoms with van der Waals surface area (Å²) in [5.41, 5.74) is 2.18. The molecule has 10 nitrogen and oxygen atoms in total. The second kappa shape index (κ2) is 11.6. The lowest BCUT2D eigenvalue weighted by Crippen LogP contribution is -2.57. The minimum atomic E-state index is -0.389. The average molecular weight is 609 g/mol. The molecule has 2 saturated heterocycles. The summed E-state index contributed by atoms with van der Waals surface area (Å²) < 4.78 is 15.6. The first-order valence-electron chi connectivity index (χ1n) is 14.1. The summed E-state index contributed by atoms with van der Waals surface area (Å²) in [6.45, 7) is 5.05. The van der Waals surface area contributed by atoms with Crippen LogP contribution in [-0.2, 0) is 11.2 Å². The zero-order valence-electron chi connectivity index (χ0n) is 23.8. The monoisotopic (exact) mass is 608 g/mol. The van der Waals surface area contributed by atoms with Gasteiger partial charge in [0.25, 0.3) is 0 Å². The molecular weight excluding hydrogens is 576 g/mol. The molecule has 0 bridgehead atoms. The predicted octanol–water partition coefficient (Wildman–Crippen LogP) is 3.96. The van der Waals surface area contributed by atoms with Crippen LogP contribution in [0.15, 0.2) is 30.5 Å². The van der Waals surface area contributed by atoms with E-state index in [0.717, 1.165) is 53.8 Å². The van der Waals surface area contributed by atoms with Crippen molar-refractivity contribution in [2.24, 2.45) is 0 Å². The number of hydrogen-bond donors (Lipinski definition) is 1. The molecular formula is C29H33FN8O2S2. The molecule has 2 fully saturated rings. The number of aliphatic hydroxyl groups excluding tert-OH is 1. The number of carbonyl (C=O) groups excluding carboxylic acids is 1. The van der Waals surface area contributed by atoms with E-state index in [0.29, 0.717) is 40.9 Å². The van der Waals surface area contributed by atoms with Gasteiger partial charge in [-0.2, -0.15) is 5.26 Å². The molecule has 0 aliphatic carbocycles. The van der Waals surface area contributed by atoms with Crippen LogP contribution in [0.4, 0.5) is 20.3 Å². The van der Waals surface area contributed by atoms with Gasteiger partial charge in [0, 0.05) is 51.0 Å². The van der Waals surface area contributed by atoms with Gasteiger partial charge in [-0.15, -0.1) is 0 Å². The Kier molecular flexibility index (Phi) is 7.89. The van der Waals surface area contributed by atoms with Crippen LogP contribution in [-0.4, -0.2) is 94.1 Å². The van der Waals surface area contributed by atoms with Gasteiger partial charge < -0.3 is 19.8 Å². The highest BCUT2D eigenvalue weighted by Gasteiger charge is 2.32. The number of carbonyl (C=O) groups is 1. The third-order valence-electron chi connectivity index (χ3n) is 8.06. The van der Waals surface area contributed by atoms with Crippen LogP contribution in [0, 0.1) is 17.1 Å². The molecule has 5 heterocycles. The van der Waals surface area contributed by atoms with Crippen molar-refractivity contribution in [2.45, 2.75) is 38.3 Å². The van der Waals surface area contributed by atoms with E-state index in [1.54, 1.807) is 28.4 Å².